The molecule has 90 valence electrons. The van der Waals surface area contributed by atoms with Crippen LogP contribution in [0.4, 0.5) is 0 Å². The summed E-state index contributed by atoms with van der Waals surface area (Å²) in [5.41, 5.74) is 1.42. The highest BCUT2D eigenvalue weighted by molar-refractivity contribution is 5.14. The maximum atomic E-state index is 5.35. The van der Waals surface area contributed by atoms with Crippen LogP contribution in [0.5, 0.6) is 0 Å². The van der Waals surface area contributed by atoms with Gasteiger partial charge in [-0.15, -0.1) is 0 Å². The minimum Gasteiger partial charge on any atom is -0.380 e. The summed E-state index contributed by atoms with van der Waals surface area (Å²) in [6, 6.07) is 11.1. The molecule has 2 heteroatoms. The number of nitrogens with one attached hydrogen (secondary N) is 1. The molecule has 1 rings (SSSR count). The molecule has 0 amide bonds. The molecule has 0 spiro atoms. The van der Waals surface area contributed by atoms with Crippen molar-refractivity contribution in [2.45, 2.75) is 32.7 Å². The van der Waals surface area contributed by atoms with E-state index in [1.807, 2.05) is 6.92 Å². The number of ether oxygens (including phenoxy) is 1. The third-order valence-electron chi connectivity index (χ3n) is 2.55. The molecule has 2 nitrogen and oxygen atoms in total. The average Bonchev–Trinajstić information content (AvgIpc) is 2.33. The zero-order chi connectivity index (χ0) is 11.6. The molecule has 0 aromatic heterocycles. The van der Waals surface area contributed by atoms with E-state index in [1.165, 1.54) is 12.0 Å². The lowest BCUT2D eigenvalue weighted by Gasteiger charge is -2.13. The van der Waals surface area contributed by atoms with E-state index in [9.17, 15) is 0 Å². The van der Waals surface area contributed by atoms with Crippen molar-refractivity contribution in [1.29, 1.82) is 0 Å². The molecule has 0 fully saturated rings. The molecule has 1 N–H and O–H groups in total. The normalized spacial score (nSPS) is 12.6. The van der Waals surface area contributed by atoms with Crippen molar-refractivity contribution in [3.63, 3.8) is 0 Å². The van der Waals surface area contributed by atoms with Crippen LogP contribution >= 0.6 is 0 Å². The van der Waals surface area contributed by atoms with Crippen LogP contribution in [-0.4, -0.2) is 25.8 Å². The van der Waals surface area contributed by atoms with Gasteiger partial charge in [-0.2, -0.15) is 0 Å². The summed E-state index contributed by atoms with van der Waals surface area (Å²) in [6.07, 6.45) is 2.33. The molecule has 0 radical (unpaired) electrons. The van der Waals surface area contributed by atoms with E-state index in [0.717, 1.165) is 26.2 Å². The summed E-state index contributed by atoms with van der Waals surface area (Å²) in [5.74, 6) is 0. The Morgan fingerprint density at radius 3 is 2.69 bits per heavy atom. The first-order valence-electron chi connectivity index (χ1n) is 6.18. The molecule has 0 saturated heterocycles. The number of benzene rings is 1. The molecule has 0 saturated carbocycles. The van der Waals surface area contributed by atoms with E-state index in [0.29, 0.717) is 6.04 Å². The summed E-state index contributed by atoms with van der Waals surface area (Å²) in [5, 5.41) is 3.46. The van der Waals surface area contributed by atoms with Gasteiger partial charge in [-0.25, -0.2) is 0 Å². The van der Waals surface area contributed by atoms with Gasteiger partial charge in [0, 0.05) is 12.6 Å². The molecule has 1 aromatic carbocycles. The SMILES string of the molecule is CCOCC(C)NCCCc1ccccc1. The molecular formula is C14H23NO. The Morgan fingerprint density at radius 2 is 2.00 bits per heavy atom. The van der Waals surface area contributed by atoms with E-state index in [2.05, 4.69) is 42.6 Å². The quantitative estimate of drug-likeness (QED) is 0.681. The van der Waals surface area contributed by atoms with Gasteiger partial charge < -0.3 is 10.1 Å². The van der Waals surface area contributed by atoms with Crippen molar-refractivity contribution >= 4 is 0 Å². The minimum atomic E-state index is 0.454. The highest BCUT2D eigenvalue weighted by atomic mass is 16.5. The number of aryl methyl sites for hydroxylation is 1. The summed E-state index contributed by atoms with van der Waals surface area (Å²) < 4.78 is 5.35. The van der Waals surface area contributed by atoms with E-state index < -0.39 is 0 Å². The van der Waals surface area contributed by atoms with Crippen LogP contribution in [0.1, 0.15) is 25.8 Å². The fourth-order valence-corrected chi connectivity index (χ4v) is 1.64. The third kappa shape index (κ3) is 5.89. The molecule has 1 atom stereocenters. The lowest BCUT2D eigenvalue weighted by atomic mass is 10.1. The van der Waals surface area contributed by atoms with Gasteiger partial charge in [-0.05, 0) is 38.8 Å². The molecule has 0 bridgehead atoms. The van der Waals surface area contributed by atoms with Crippen LogP contribution in [0.25, 0.3) is 0 Å². The Kier molecular flexibility index (Phi) is 6.86. The average molecular weight is 221 g/mol. The van der Waals surface area contributed by atoms with Crippen LogP contribution in [-0.2, 0) is 11.2 Å². The van der Waals surface area contributed by atoms with Crippen LogP contribution in [0.3, 0.4) is 0 Å². The predicted molar refractivity (Wildman–Crippen MR) is 68.7 cm³/mol. The highest BCUT2D eigenvalue weighted by Gasteiger charge is 1.99. The van der Waals surface area contributed by atoms with E-state index in [4.69, 9.17) is 4.74 Å². The summed E-state index contributed by atoms with van der Waals surface area (Å²) in [6.45, 7) is 6.86. The van der Waals surface area contributed by atoms with Gasteiger partial charge in [0.2, 0.25) is 0 Å². The van der Waals surface area contributed by atoms with Gasteiger partial charge in [-0.1, -0.05) is 30.3 Å². The summed E-state index contributed by atoms with van der Waals surface area (Å²) in [7, 11) is 0. The Hall–Kier alpha value is -0.860. The lowest BCUT2D eigenvalue weighted by molar-refractivity contribution is 0.127. The second kappa shape index (κ2) is 8.31. The van der Waals surface area contributed by atoms with Gasteiger partial charge in [0.15, 0.2) is 0 Å². The van der Waals surface area contributed by atoms with E-state index >= 15 is 0 Å². The largest absolute Gasteiger partial charge is 0.380 e. The van der Waals surface area contributed by atoms with Crippen LogP contribution in [0.15, 0.2) is 30.3 Å². The second-order valence-corrected chi connectivity index (χ2v) is 4.10. The first-order chi connectivity index (χ1) is 7.83. The summed E-state index contributed by atoms with van der Waals surface area (Å²) in [4.78, 5) is 0. The molecule has 1 aromatic rings. The fourth-order valence-electron chi connectivity index (χ4n) is 1.64. The first-order valence-corrected chi connectivity index (χ1v) is 6.18. The van der Waals surface area contributed by atoms with Crippen molar-refractivity contribution in [3.8, 4) is 0 Å². The third-order valence-corrected chi connectivity index (χ3v) is 2.55. The standard InChI is InChI=1S/C14H23NO/c1-3-16-12-13(2)15-11-7-10-14-8-5-4-6-9-14/h4-6,8-9,13,15H,3,7,10-12H2,1-2H3. The van der Waals surface area contributed by atoms with E-state index in [1.54, 1.807) is 0 Å². The van der Waals surface area contributed by atoms with Gasteiger partial charge in [0.1, 0.15) is 0 Å². The number of hydrogen-bond donors (Lipinski definition) is 1. The van der Waals surface area contributed by atoms with Gasteiger partial charge in [-0.3, -0.25) is 0 Å². The zero-order valence-corrected chi connectivity index (χ0v) is 10.4. The van der Waals surface area contributed by atoms with Crippen LogP contribution in [0.2, 0.25) is 0 Å². The van der Waals surface area contributed by atoms with Gasteiger partial charge in [0.25, 0.3) is 0 Å². The summed E-state index contributed by atoms with van der Waals surface area (Å²) >= 11 is 0. The first kappa shape index (κ1) is 13.2. The van der Waals surface area contributed by atoms with Gasteiger partial charge in [0.05, 0.1) is 6.61 Å². The topological polar surface area (TPSA) is 21.3 Å². The molecular weight excluding hydrogens is 198 g/mol. The molecule has 0 heterocycles. The Bertz CT molecular complexity index is 261. The molecule has 0 aliphatic heterocycles. The predicted octanol–water partition coefficient (Wildman–Crippen LogP) is 2.63. The fraction of sp³-hybridized carbons (Fsp3) is 0.571. The van der Waals surface area contributed by atoms with Crippen molar-refractivity contribution in [3.05, 3.63) is 35.9 Å². The highest BCUT2D eigenvalue weighted by Crippen LogP contribution is 2.01. The maximum absolute atomic E-state index is 5.35. The van der Waals surface area contributed by atoms with Crippen molar-refractivity contribution in [2.24, 2.45) is 0 Å². The maximum Gasteiger partial charge on any atom is 0.0616 e. The van der Waals surface area contributed by atoms with Crippen molar-refractivity contribution < 1.29 is 4.74 Å². The second-order valence-electron chi connectivity index (χ2n) is 4.10. The molecule has 1 unspecified atom stereocenters. The Morgan fingerprint density at radius 1 is 1.25 bits per heavy atom. The van der Waals surface area contributed by atoms with Crippen LogP contribution in [0, 0.1) is 0 Å². The molecule has 0 aliphatic carbocycles. The lowest BCUT2D eigenvalue weighted by Crippen LogP contribution is -2.31. The van der Waals surface area contributed by atoms with Crippen LogP contribution < -0.4 is 5.32 Å². The number of rotatable bonds is 8. The van der Waals surface area contributed by atoms with Crippen molar-refractivity contribution in [1.82, 2.24) is 5.32 Å². The number of hydrogen-bond acceptors (Lipinski definition) is 2. The minimum absolute atomic E-state index is 0.454. The van der Waals surface area contributed by atoms with E-state index in [-0.39, 0.29) is 0 Å². The zero-order valence-electron chi connectivity index (χ0n) is 10.4. The Balaban J connectivity index is 2.03. The van der Waals surface area contributed by atoms with Gasteiger partial charge >= 0.3 is 0 Å². The Labute approximate surface area is 99.0 Å². The monoisotopic (exact) mass is 221 g/mol. The molecule has 16 heavy (non-hydrogen) atoms. The molecule has 0 aliphatic rings. The van der Waals surface area contributed by atoms with Crippen molar-refractivity contribution in [2.75, 3.05) is 19.8 Å². The smallest absolute Gasteiger partial charge is 0.0616 e.